The van der Waals surface area contributed by atoms with Gasteiger partial charge in [-0.2, -0.15) is 0 Å². The molecule has 1 aromatic carbocycles. The van der Waals surface area contributed by atoms with Gasteiger partial charge >= 0.3 is 5.97 Å². The number of carbonyl (C=O) groups is 1. The second-order valence-electron chi connectivity index (χ2n) is 5.44. The quantitative estimate of drug-likeness (QED) is 0.560. The Kier molecular flexibility index (Phi) is 4.98. The third-order valence-corrected chi connectivity index (χ3v) is 3.50. The number of hydrogen-bond donors (Lipinski definition) is 2. The number of rotatable bonds is 8. The number of hydrogen-bond acceptors (Lipinski definition) is 4. The van der Waals surface area contributed by atoms with Crippen LogP contribution in [0.1, 0.15) is 28.8 Å². The molecule has 0 aromatic heterocycles. The number of anilines is 1. The first-order valence-corrected chi connectivity index (χ1v) is 6.95. The summed E-state index contributed by atoms with van der Waals surface area (Å²) in [5.74, 6) is -0.204. The minimum Gasteiger partial charge on any atom is -0.478 e. The van der Waals surface area contributed by atoms with Gasteiger partial charge in [0.15, 0.2) is 0 Å². The molecule has 110 valence electrons. The van der Waals surface area contributed by atoms with Crippen LogP contribution >= 0.6 is 0 Å². The van der Waals surface area contributed by atoms with Crippen molar-refractivity contribution in [3.8, 4) is 0 Å². The van der Waals surface area contributed by atoms with Crippen LogP contribution in [0.2, 0.25) is 0 Å². The van der Waals surface area contributed by atoms with Crippen LogP contribution in [0.3, 0.4) is 0 Å². The van der Waals surface area contributed by atoms with E-state index in [-0.39, 0.29) is 5.56 Å². The first-order valence-electron chi connectivity index (χ1n) is 6.95. The van der Waals surface area contributed by atoms with Crippen molar-refractivity contribution in [2.45, 2.75) is 19.4 Å². The zero-order chi connectivity index (χ0) is 14.5. The fourth-order valence-corrected chi connectivity index (χ4v) is 2.14. The fraction of sp³-hybridized carbons (Fsp3) is 0.533. The molecule has 20 heavy (non-hydrogen) atoms. The lowest BCUT2D eigenvalue weighted by Gasteiger charge is -2.18. The van der Waals surface area contributed by atoms with Crippen molar-refractivity contribution in [1.29, 1.82) is 0 Å². The molecule has 0 aliphatic heterocycles. The summed E-state index contributed by atoms with van der Waals surface area (Å²) >= 11 is 0. The number of nitrogen functional groups attached to an aromatic ring is 1. The van der Waals surface area contributed by atoms with Crippen molar-refractivity contribution in [2.24, 2.45) is 5.92 Å². The van der Waals surface area contributed by atoms with E-state index in [1.807, 2.05) is 11.9 Å². The Balaban J connectivity index is 1.84. The van der Waals surface area contributed by atoms with Gasteiger partial charge in [0.05, 0.1) is 12.2 Å². The zero-order valence-electron chi connectivity index (χ0n) is 11.8. The summed E-state index contributed by atoms with van der Waals surface area (Å²) in [6.45, 7) is 2.87. The number of benzene rings is 1. The lowest BCUT2D eigenvalue weighted by atomic mass is 10.1. The molecule has 0 atom stereocenters. The molecule has 1 fully saturated rings. The van der Waals surface area contributed by atoms with Gasteiger partial charge in [-0.1, -0.05) is 12.1 Å². The lowest BCUT2D eigenvalue weighted by molar-refractivity contribution is 0.0695. The molecule has 5 nitrogen and oxygen atoms in total. The average Bonchev–Trinajstić information content (AvgIpc) is 3.18. The second-order valence-corrected chi connectivity index (χ2v) is 5.44. The molecule has 0 heterocycles. The highest BCUT2D eigenvalue weighted by Crippen LogP contribution is 2.28. The van der Waals surface area contributed by atoms with E-state index in [2.05, 4.69) is 0 Å². The van der Waals surface area contributed by atoms with Gasteiger partial charge in [-0.3, -0.25) is 4.90 Å². The van der Waals surface area contributed by atoms with Crippen molar-refractivity contribution in [1.82, 2.24) is 4.90 Å². The summed E-state index contributed by atoms with van der Waals surface area (Å²) < 4.78 is 5.58. The number of ether oxygens (including phenoxy) is 1. The highest BCUT2D eigenvalue weighted by molar-refractivity contribution is 5.95. The second kappa shape index (κ2) is 6.72. The number of nitrogens with two attached hydrogens (primary N) is 1. The van der Waals surface area contributed by atoms with E-state index in [9.17, 15) is 9.90 Å². The largest absolute Gasteiger partial charge is 0.478 e. The van der Waals surface area contributed by atoms with Crippen LogP contribution in [0.4, 0.5) is 5.69 Å². The molecule has 1 aromatic rings. The van der Waals surface area contributed by atoms with E-state index < -0.39 is 5.97 Å². The molecule has 2 rings (SSSR count). The first kappa shape index (κ1) is 14.8. The maximum absolute atomic E-state index is 11.2. The molecule has 0 bridgehead atoms. The molecule has 3 N–H and O–H groups in total. The van der Waals surface area contributed by atoms with Gasteiger partial charge in [-0.05, 0) is 37.4 Å². The van der Waals surface area contributed by atoms with Crippen LogP contribution in [-0.4, -0.2) is 42.8 Å². The maximum Gasteiger partial charge on any atom is 0.338 e. The Hall–Kier alpha value is -1.59. The normalized spacial score (nSPS) is 14.7. The molecule has 0 radical (unpaired) electrons. The monoisotopic (exact) mass is 278 g/mol. The van der Waals surface area contributed by atoms with Gasteiger partial charge < -0.3 is 15.6 Å². The highest BCUT2D eigenvalue weighted by atomic mass is 16.5. The third-order valence-electron chi connectivity index (χ3n) is 3.50. The minimum atomic E-state index is -0.975. The van der Waals surface area contributed by atoms with Crippen LogP contribution in [0.25, 0.3) is 0 Å². The maximum atomic E-state index is 11.2. The Labute approximate surface area is 119 Å². The third kappa shape index (κ3) is 4.21. The summed E-state index contributed by atoms with van der Waals surface area (Å²) in [6.07, 6.45) is 2.59. The minimum absolute atomic E-state index is 0.207. The van der Waals surface area contributed by atoms with E-state index in [4.69, 9.17) is 10.5 Å². The zero-order valence-corrected chi connectivity index (χ0v) is 11.8. The number of aromatic carboxylic acids is 1. The van der Waals surface area contributed by atoms with Gasteiger partial charge in [0.2, 0.25) is 0 Å². The van der Waals surface area contributed by atoms with Crippen molar-refractivity contribution in [2.75, 3.05) is 32.5 Å². The van der Waals surface area contributed by atoms with Gasteiger partial charge in [0.1, 0.15) is 0 Å². The van der Waals surface area contributed by atoms with Gasteiger partial charge in [0, 0.05) is 25.4 Å². The molecule has 0 spiro atoms. The van der Waals surface area contributed by atoms with Crippen LogP contribution in [0, 0.1) is 5.92 Å². The summed E-state index contributed by atoms with van der Waals surface area (Å²) in [4.78, 5) is 13.3. The van der Waals surface area contributed by atoms with E-state index in [1.165, 1.54) is 12.8 Å². The van der Waals surface area contributed by atoms with E-state index in [0.717, 1.165) is 24.6 Å². The topological polar surface area (TPSA) is 75.8 Å². The van der Waals surface area contributed by atoms with Crippen LogP contribution < -0.4 is 5.73 Å². The fourth-order valence-electron chi connectivity index (χ4n) is 2.14. The average molecular weight is 278 g/mol. The molecule has 1 saturated carbocycles. The predicted octanol–water partition coefficient (Wildman–Crippen LogP) is 1.83. The molecular formula is C15H22N2O3. The number of carboxylic acids is 1. The summed E-state index contributed by atoms with van der Waals surface area (Å²) in [6, 6.07) is 5.21. The van der Waals surface area contributed by atoms with Gasteiger partial charge in [0.25, 0.3) is 0 Å². The Bertz CT molecular complexity index is 472. The van der Waals surface area contributed by atoms with Crippen LogP contribution in [-0.2, 0) is 11.3 Å². The van der Waals surface area contributed by atoms with Crippen molar-refractivity contribution < 1.29 is 14.6 Å². The van der Waals surface area contributed by atoms with Crippen molar-refractivity contribution >= 4 is 11.7 Å². The summed E-state index contributed by atoms with van der Waals surface area (Å²) in [7, 11) is 1.95. The standard InChI is InChI=1S/C15H22N2O3/c1-17(7-8-20-10-11-5-6-11)9-12-3-2-4-13(16)14(12)15(18)19/h2-4,11H,5-10,16H2,1H3,(H,18,19). The number of likely N-dealkylation sites (N-methyl/N-ethyl adjacent to an activating group) is 1. The van der Waals surface area contributed by atoms with Crippen molar-refractivity contribution in [3.05, 3.63) is 29.3 Å². The summed E-state index contributed by atoms with van der Waals surface area (Å²) in [5.41, 5.74) is 6.99. The Morgan fingerprint density at radius 3 is 2.90 bits per heavy atom. The molecule has 5 heteroatoms. The lowest BCUT2D eigenvalue weighted by Crippen LogP contribution is -2.24. The van der Waals surface area contributed by atoms with E-state index in [0.29, 0.717) is 18.8 Å². The van der Waals surface area contributed by atoms with Gasteiger partial charge in [-0.15, -0.1) is 0 Å². The van der Waals surface area contributed by atoms with Crippen molar-refractivity contribution in [3.63, 3.8) is 0 Å². The Morgan fingerprint density at radius 2 is 2.25 bits per heavy atom. The molecule has 0 amide bonds. The molecule has 0 unspecified atom stereocenters. The van der Waals surface area contributed by atoms with Gasteiger partial charge in [-0.25, -0.2) is 4.79 Å². The molecule has 1 aliphatic carbocycles. The van der Waals surface area contributed by atoms with E-state index in [1.54, 1.807) is 18.2 Å². The van der Waals surface area contributed by atoms with E-state index >= 15 is 0 Å². The smallest absolute Gasteiger partial charge is 0.338 e. The number of nitrogens with zero attached hydrogens (tertiary/aromatic N) is 1. The Morgan fingerprint density at radius 1 is 1.50 bits per heavy atom. The SMILES string of the molecule is CN(CCOCC1CC1)Cc1cccc(N)c1C(=O)O. The molecule has 1 aliphatic rings. The first-order chi connectivity index (χ1) is 9.58. The molecule has 0 saturated heterocycles. The summed E-state index contributed by atoms with van der Waals surface area (Å²) in [5, 5.41) is 9.22. The van der Waals surface area contributed by atoms with Crippen LogP contribution in [0.15, 0.2) is 18.2 Å². The highest BCUT2D eigenvalue weighted by Gasteiger charge is 2.21. The predicted molar refractivity (Wildman–Crippen MR) is 77.7 cm³/mol. The molecular weight excluding hydrogens is 256 g/mol. The number of carboxylic acid groups (broad SMARTS) is 1. The van der Waals surface area contributed by atoms with Crippen LogP contribution in [0.5, 0.6) is 0 Å².